The van der Waals surface area contributed by atoms with Gasteiger partial charge in [0.15, 0.2) is 11.2 Å². The first-order valence-electron chi connectivity index (χ1n) is 9.58. The van der Waals surface area contributed by atoms with Crippen LogP contribution in [0.15, 0.2) is 58.1 Å². The molecule has 0 saturated heterocycles. The Morgan fingerprint density at radius 2 is 1.60 bits per heavy atom. The molecule has 2 aromatic carbocycles. The molecule has 0 saturated carbocycles. The smallest absolute Gasteiger partial charge is 0.325 e. The van der Waals surface area contributed by atoms with E-state index in [2.05, 4.69) is 4.98 Å². The minimum absolute atomic E-state index is 0.135. The van der Waals surface area contributed by atoms with Crippen molar-refractivity contribution in [2.75, 3.05) is 0 Å². The minimum atomic E-state index is -0.685. The molecule has 0 unspecified atom stereocenters. The fraction of sp³-hybridized carbons (Fsp3) is 0.227. The molecule has 4 aromatic rings. The Morgan fingerprint density at radius 1 is 0.933 bits per heavy atom. The molecule has 0 radical (unpaired) electrons. The summed E-state index contributed by atoms with van der Waals surface area (Å²) in [4.78, 5) is 30.4. The van der Waals surface area contributed by atoms with Crippen LogP contribution in [0.4, 0.5) is 8.78 Å². The zero-order valence-corrected chi connectivity index (χ0v) is 16.6. The van der Waals surface area contributed by atoms with E-state index in [-0.39, 0.29) is 36.2 Å². The van der Waals surface area contributed by atoms with Gasteiger partial charge in [-0.25, -0.2) is 18.6 Å². The van der Waals surface area contributed by atoms with Gasteiger partial charge in [0.05, 0.1) is 6.54 Å². The second kappa shape index (κ2) is 7.70. The molecule has 2 aromatic heterocycles. The molecule has 0 amide bonds. The lowest BCUT2D eigenvalue weighted by Gasteiger charge is -2.10. The standard InChI is InChI=1S/C22H20F2N4O2/c1-3-27-21(29)19-20(28(22(27)30)13-14-8-5-4-6-9-14)25-18(26(19)2)12-15-16(23)10-7-11-17(15)24/h4-11H,3,12-13H2,1-2H3. The van der Waals surface area contributed by atoms with Crippen molar-refractivity contribution in [1.82, 2.24) is 18.7 Å². The van der Waals surface area contributed by atoms with Crippen LogP contribution < -0.4 is 11.2 Å². The lowest BCUT2D eigenvalue weighted by molar-refractivity contribution is 0.557. The largest absolute Gasteiger partial charge is 0.333 e. The SMILES string of the molecule is CCn1c(=O)c2c(nc(Cc3c(F)cccc3F)n2C)n(Cc2ccccc2)c1=O. The van der Waals surface area contributed by atoms with Crippen molar-refractivity contribution >= 4 is 11.2 Å². The number of imidazole rings is 1. The summed E-state index contributed by atoms with van der Waals surface area (Å²) in [5.41, 5.74) is 0.211. The topological polar surface area (TPSA) is 61.8 Å². The van der Waals surface area contributed by atoms with Gasteiger partial charge < -0.3 is 4.57 Å². The van der Waals surface area contributed by atoms with E-state index in [4.69, 9.17) is 0 Å². The Hall–Kier alpha value is -3.55. The van der Waals surface area contributed by atoms with Crippen molar-refractivity contribution in [2.24, 2.45) is 7.05 Å². The van der Waals surface area contributed by atoms with Gasteiger partial charge in [0.2, 0.25) is 0 Å². The average molecular weight is 410 g/mol. The molecule has 0 fully saturated rings. The molecule has 0 aliphatic rings. The first-order chi connectivity index (χ1) is 14.4. The second-order valence-electron chi connectivity index (χ2n) is 7.04. The summed E-state index contributed by atoms with van der Waals surface area (Å²) in [6.07, 6.45) is -0.144. The number of fused-ring (bicyclic) bond motifs is 1. The Kier molecular flexibility index (Phi) is 5.07. The van der Waals surface area contributed by atoms with Crippen molar-refractivity contribution in [1.29, 1.82) is 0 Å². The Bertz CT molecular complexity index is 1330. The van der Waals surface area contributed by atoms with Gasteiger partial charge in [0.25, 0.3) is 5.56 Å². The monoisotopic (exact) mass is 410 g/mol. The van der Waals surface area contributed by atoms with Gasteiger partial charge in [-0.1, -0.05) is 36.4 Å². The molecule has 0 aliphatic heterocycles. The first-order valence-corrected chi connectivity index (χ1v) is 9.58. The maximum atomic E-state index is 14.2. The van der Waals surface area contributed by atoms with Gasteiger partial charge in [-0.2, -0.15) is 0 Å². The minimum Gasteiger partial charge on any atom is -0.325 e. The number of halogens is 2. The maximum absolute atomic E-state index is 14.2. The summed E-state index contributed by atoms with van der Waals surface area (Å²) in [6.45, 7) is 2.14. The zero-order valence-electron chi connectivity index (χ0n) is 16.6. The van der Waals surface area contributed by atoms with Gasteiger partial charge in [0.1, 0.15) is 17.5 Å². The van der Waals surface area contributed by atoms with Crippen LogP contribution >= 0.6 is 0 Å². The number of benzene rings is 2. The number of nitrogens with zero attached hydrogens (tertiary/aromatic N) is 4. The third kappa shape index (κ3) is 3.24. The van der Waals surface area contributed by atoms with E-state index >= 15 is 0 Å². The fourth-order valence-corrected chi connectivity index (χ4v) is 3.61. The van der Waals surface area contributed by atoms with E-state index in [9.17, 15) is 18.4 Å². The van der Waals surface area contributed by atoms with Gasteiger partial charge >= 0.3 is 5.69 Å². The number of rotatable bonds is 5. The maximum Gasteiger partial charge on any atom is 0.333 e. The molecule has 0 N–H and O–H groups in total. The number of hydrogen-bond acceptors (Lipinski definition) is 3. The van der Waals surface area contributed by atoms with Crippen molar-refractivity contribution in [2.45, 2.75) is 26.4 Å². The molecule has 2 heterocycles. The highest BCUT2D eigenvalue weighted by molar-refractivity contribution is 5.71. The Balaban J connectivity index is 1.95. The average Bonchev–Trinajstić information content (AvgIpc) is 3.05. The Morgan fingerprint density at radius 3 is 2.23 bits per heavy atom. The van der Waals surface area contributed by atoms with Crippen molar-refractivity contribution in [3.05, 3.63) is 98.0 Å². The van der Waals surface area contributed by atoms with Gasteiger partial charge in [-0.15, -0.1) is 0 Å². The molecule has 4 rings (SSSR count). The van der Waals surface area contributed by atoms with Gasteiger partial charge in [-0.05, 0) is 24.6 Å². The fourth-order valence-electron chi connectivity index (χ4n) is 3.61. The van der Waals surface area contributed by atoms with E-state index in [0.29, 0.717) is 5.82 Å². The lowest BCUT2D eigenvalue weighted by atomic mass is 10.1. The van der Waals surface area contributed by atoms with Crippen LogP contribution in [0.2, 0.25) is 0 Å². The summed E-state index contributed by atoms with van der Waals surface area (Å²) >= 11 is 0. The normalized spacial score (nSPS) is 11.3. The van der Waals surface area contributed by atoms with Crippen molar-refractivity contribution in [3.63, 3.8) is 0 Å². The molecular formula is C22H20F2N4O2. The number of aryl methyl sites for hydroxylation is 1. The van der Waals surface area contributed by atoms with E-state index in [1.54, 1.807) is 14.0 Å². The third-order valence-corrected chi connectivity index (χ3v) is 5.23. The van der Waals surface area contributed by atoms with Gasteiger partial charge in [0, 0.05) is 25.6 Å². The summed E-state index contributed by atoms with van der Waals surface area (Å²) in [5, 5.41) is 0. The number of hydrogen-bond donors (Lipinski definition) is 0. The van der Waals surface area contributed by atoms with Crippen LogP contribution in [0.25, 0.3) is 11.2 Å². The van der Waals surface area contributed by atoms with E-state index in [1.165, 1.54) is 27.3 Å². The van der Waals surface area contributed by atoms with Crippen LogP contribution in [0, 0.1) is 11.6 Å². The molecule has 154 valence electrons. The highest BCUT2D eigenvalue weighted by Crippen LogP contribution is 2.19. The van der Waals surface area contributed by atoms with Crippen LogP contribution in [-0.4, -0.2) is 18.7 Å². The quantitative estimate of drug-likeness (QED) is 0.508. The second-order valence-corrected chi connectivity index (χ2v) is 7.04. The third-order valence-electron chi connectivity index (χ3n) is 5.23. The molecule has 30 heavy (non-hydrogen) atoms. The zero-order chi connectivity index (χ0) is 21.4. The number of aromatic nitrogens is 4. The lowest BCUT2D eigenvalue weighted by Crippen LogP contribution is -2.40. The molecule has 6 nitrogen and oxygen atoms in total. The molecule has 0 spiro atoms. The van der Waals surface area contributed by atoms with Gasteiger partial charge in [-0.3, -0.25) is 13.9 Å². The first kappa shape index (κ1) is 19.8. The highest BCUT2D eigenvalue weighted by Gasteiger charge is 2.21. The predicted octanol–water partition coefficient (Wildman–Crippen LogP) is 2.83. The summed E-state index contributed by atoms with van der Waals surface area (Å²) < 4.78 is 32.4. The van der Waals surface area contributed by atoms with E-state index < -0.39 is 22.9 Å². The molecule has 0 bridgehead atoms. The van der Waals surface area contributed by atoms with Crippen LogP contribution in [0.1, 0.15) is 23.9 Å². The van der Waals surface area contributed by atoms with Crippen molar-refractivity contribution in [3.8, 4) is 0 Å². The summed E-state index contributed by atoms with van der Waals surface area (Å²) in [5.74, 6) is -1.08. The predicted molar refractivity (Wildman–Crippen MR) is 110 cm³/mol. The summed E-state index contributed by atoms with van der Waals surface area (Å²) in [7, 11) is 1.61. The van der Waals surface area contributed by atoms with Crippen LogP contribution in [-0.2, 0) is 26.6 Å². The highest BCUT2D eigenvalue weighted by atomic mass is 19.1. The Labute approximate surface area is 170 Å². The van der Waals surface area contributed by atoms with E-state index in [0.717, 1.165) is 10.1 Å². The summed E-state index contributed by atoms with van der Waals surface area (Å²) in [6, 6.07) is 13.0. The molecular weight excluding hydrogens is 390 g/mol. The van der Waals surface area contributed by atoms with Crippen LogP contribution in [0.5, 0.6) is 0 Å². The van der Waals surface area contributed by atoms with Crippen LogP contribution in [0.3, 0.4) is 0 Å². The van der Waals surface area contributed by atoms with Crippen molar-refractivity contribution < 1.29 is 8.78 Å². The molecule has 8 heteroatoms. The molecule has 0 aliphatic carbocycles. The van der Waals surface area contributed by atoms with E-state index in [1.807, 2.05) is 30.3 Å². The molecule has 0 atom stereocenters.